The summed E-state index contributed by atoms with van der Waals surface area (Å²) in [4.78, 5) is 12.1. The lowest BCUT2D eigenvalue weighted by atomic mass is 10.1. The third kappa shape index (κ3) is 3.93. The van der Waals surface area contributed by atoms with Crippen molar-refractivity contribution >= 4 is 5.91 Å². The molecule has 1 saturated carbocycles. The average Bonchev–Trinajstić information content (AvgIpc) is 3.22. The second-order valence-electron chi connectivity index (χ2n) is 5.68. The number of aliphatic hydroxyl groups excluding tert-OH is 1. The first kappa shape index (κ1) is 14.8. The standard InChI is InChI=1S/C15H20FNO3/c1-15(2,20-12-7-5-11(16)6-8-12)14(19)17-9-13(18)10-3-4-10/h5-8,10,13,18H,3-4,9H2,1-2H3,(H,17,19). The van der Waals surface area contributed by atoms with Gasteiger partial charge in [-0.25, -0.2) is 4.39 Å². The van der Waals surface area contributed by atoms with Crippen molar-refractivity contribution in [2.75, 3.05) is 6.54 Å². The van der Waals surface area contributed by atoms with E-state index in [4.69, 9.17) is 4.74 Å². The van der Waals surface area contributed by atoms with Crippen molar-refractivity contribution in [2.24, 2.45) is 5.92 Å². The Morgan fingerprint density at radius 3 is 2.60 bits per heavy atom. The summed E-state index contributed by atoms with van der Waals surface area (Å²) in [5.74, 6) is 0.0828. The van der Waals surface area contributed by atoms with E-state index in [0.717, 1.165) is 12.8 Å². The molecule has 0 spiro atoms. The SMILES string of the molecule is CC(C)(Oc1ccc(F)cc1)C(=O)NCC(O)C1CC1. The summed E-state index contributed by atoms with van der Waals surface area (Å²) < 4.78 is 18.4. The number of rotatable bonds is 6. The van der Waals surface area contributed by atoms with E-state index >= 15 is 0 Å². The molecule has 0 heterocycles. The van der Waals surface area contributed by atoms with Crippen LogP contribution in [0.4, 0.5) is 4.39 Å². The molecule has 2 rings (SSSR count). The van der Waals surface area contributed by atoms with Gasteiger partial charge in [0.1, 0.15) is 11.6 Å². The van der Waals surface area contributed by atoms with Gasteiger partial charge in [0.15, 0.2) is 5.60 Å². The van der Waals surface area contributed by atoms with E-state index < -0.39 is 11.7 Å². The van der Waals surface area contributed by atoms with E-state index in [2.05, 4.69) is 5.32 Å². The van der Waals surface area contributed by atoms with Crippen molar-refractivity contribution in [1.82, 2.24) is 5.32 Å². The van der Waals surface area contributed by atoms with Crippen LogP contribution in [0.15, 0.2) is 24.3 Å². The zero-order valence-corrected chi connectivity index (χ0v) is 11.7. The number of amides is 1. The predicted molar refractivity (Wildman–Crippen MR) is 72.8 cm³/mol. The van der Waals surface area contributed by atoms with Crippen molar-refractivity contribution in [2.45, 2.75) is 38.4 Å². The molecule has 0 bridgehead atoms. The molecule has 110 valence electrons. The molecule has 1 aromatic rings. The van der Waals surface area contributed by atoms with E-state index in [1.54, 1.807) is 13.8 Å². The number of nitrogens with one attached hydrogen (secondary N) is 1. The highest BCUT2D eigenvalue weighted by Gasteiger charge is 2.33. The fourth-order valence-electron chi connectivity index (χ4n) is 1.90. The zero-order valence-electron chi connectivity index (χ0n) is 11.7. The third-order valence-electron chi connectivity index (χ3n) is 3.37. The molecule has 1 unspecified atom stereocenters. The highest BCUT2D eigenvalue weighted by atomic mass is 19.1. The van der Waals surface area contributed by atoms with Crippen LogP contribution in [-0.4, -0.2) is 29.3 Å². The molecule has 1 atom stereocenters. The summed E-state index contributed by atoms with van der Waals surface area (Å²) in [5.41, 5.74) is -1.08. The van der Waals surface area contributed by atoms with Gasteiger partial charge in [0.2, 0.25) is 0 Å². The lowest BCUT2D eigenvalue weighted by Gasteiger charge is -2.26. The van der Waals surface area contributed by atoms with Crippen LogP contribution in [0.2, 0.25) is 0 Å². The maximum atomic E-state index is 12.8. The molecule has 20 heavy (non-hydrogen) atoms. The number of aliphatic hydroxyl groups is 1. The normalized spacial score (nSPS) is 16.6. The summed E-state index contributed by atoms with van der Waals surface area (Å²) in [6.07, 6.45) is 1.56. The molecule has 1 aliphatic rings. The molecule has 1 amide bonds. The Balaban J connectivity index is 1.87. The van der Waals surface area contributed by atoms with Gasteiger partial charge in [-0.1, -0.05) is 0 Å². The smallest absolute Gasteiger partial charge is 0.263 e. The van der Waals surface area contributed by atoms with Crippen molar-refractivity contribution in [3.63, 3.8) is 0 Å². The molecule has 1 aromatic carbocycles. The second kappa shape index (κ2) is 5.79. The summed E-state index contributed by atoms with van der Waals surface area (Å²) in [6.45, 7) is 3.50. The monoisotopic (exact) mass is 281 g/mol. The number of hydrogen-bond acceptors (Lipinski definition) is 3. The van der Waals surface area contributed by atoms with Crippen molar-refractivity contribution in [1.29, 1.82) is 0 Å². The van der Waals surface area contributed by atoms with Crippen LogP contribution >= 0.6 is 0 Å². The Hall–Kier alpha value is -1.62. The van der Waals surface area contributed by atoms with Gasteiger partial charge in [-0.2, -0.15) is 0 Å². The summed E-state index contributed by atoms with van der Waals surface area (Å²) >= 11 is 0. The average molecular weight is 281 g/mol. The minimum atomic E-state index is -1.08. The number of carbonyl (C=O) groups excluding carboxylic acids is 1. The molecule has 2 N–H and O–H groups in total. The largest absolute Gasteiger partial charge is 0.478 e. The lowest BCUT2D eigenvalue weighted by molar-refractivity contribution is -0.134. The minimum Gasteiger partial charge on any atom is -0.478 e. The highest BCUT2D eigenvalue weighted by molar-refractivity contribution is 5.84. The van der Waals surface area contributed by atoms with Crippen LogP contribution in [0.5, 0.6) is 5.75 Å². The van der Waals surface area contributed by atoms with Crippen molar-refractivity contribution < 1.29 is 19.0 Å². The molecule has 5 heteroatoms. The first-order valence-corrected chi connectivity index (χ1v) is 6.79. The van der Waals surface area contributed by atoms with Crippen LogP contribution < -0.4 is 10.1 Å². The molecular formula is C15H20FNO3. The van der Waals surface area contributed by atoms with Gasteiger partial charge in [0.05, 0.1) is 6.10 Å². The number of benzene rings is 1. The van der Waals surface area contributed by atoms with Gasteiger partial charge in [-0.3, -0.25) is 4.79 Å². The van der Waals surface area contributed by atoms with E-state index in [9.17, 15) is 14.3 Å². The van der Waals surface area contributed by atoms with E-state index in [-0.39, 0.29) is 18.3 Å². The van der Waals surface area contributed by atoms with Crippen LogP contribution in [-0.2, 0) is 4.79 Å². The summed E-state index contributed by atoms with van der Waals surface area (Å²) in [6, 6.07) is 5.51. The fourth-order valence-corrected chi connectivity index (χ4v) is 1.90. The minimum absolute atomic E-state index is 0.236. The van der Waals surface area contributed by atoms with Gasteiger partial charge in [-0.15, -0.1) is 0 Å². The Kier molecular flexibility index (Phi) is 4.28. The number of ether oxygens (including phenoxy) is 1. The summed E-state index contributed by atoms with van der Waals surface area (Å²) in [7, 11) is 0. The Labute approximate surface area is 117 Å². The van der Waals surface area contributed by atoms with Crippen molar-refractivity contribution in [3.05, 3.63) is 30.1 Å². The first-order valence-electron chi connectivity index (χ1n) is 6.79. The van der Waals surface area contributed by atoms with Crippen LogP contribution in [0.25, 0.3) is 0 Å². The number of hydrogen-bond donors (Lipinski definition) is 2. The van der Waals surface area contributed by atoms with Crippen LogP contribution in [0.3, 0.4) is 0 Å². The molecule has 0 saturated heterocycles. The number of carbonyl (C=O) groups is 1. The Morgan fingerprint density at radius 1 is 1.45 bits per heavy atom. The molecule has 1 aliphatic carbocycles. The highest BCUT2D eigenvalue weighted by Crippen LogP contribution is 2.32. The van der Waals surface area contributed by atoms with Gasteiger partial charge >= 0.3 is 0 Å². The van der Waals surface area contributed by atoms with Gasteiger partial charge in [0.25, 0.3) is 5.91 Å². The molecule has 0 aliphatic heterocycles. The Bertz CT molecular complexity index is 469. The summed E-state index contributed by atoms with van der Waals surface area (Å²) in [5, 5.41) is 12.4. The first-order chi connectivity index (χ1) is 9.38. The lowest BCUT2D eigenvalue weighted by Crippen LogP contribution is -2.48. The van der Waals surface area contributed by atoms with E-state index in [1.807, 2.05) is 0 Å². The zero-order chi connectivity index (χ0) is 14.8. The quantitative estimate of drug-likeness (QED) is 0.837. The van der Waals surface area contributed by atoms with Gasteiger partial charge in [0, 0.05) is 6.54 Å². The Morgan fingerprint density at radius 2 is 2.05 bits per heavy atom. The maximum absolute atomic E-state index is 12.8. The molecular weight excluding hydrogens is 261 g/mol. The van der Waals surface area contributed by atoms with Crippen LogP contribution in [0, 0.1) is 11.7 Å². The van der Waals surface area contributed by atoms with Gasteiger partial charge in [-0.05, 0) is 56.9 Å². The van der Waals surface area contributed by atoms with Crippen molar-refractivity contribution in [3.8, 4) is 5.75 Å². The van der Waals surface area contributed by atoms with E-state index in [1.165, 1.54) is 24.3 Å². The predicted octanol–water partition coefficient (Wildman–Crippen LogP) is 1.87. The third-order valence-corrected chi connectivity index (χ3v) is 3.37. The second-order valence-corrected chi connectivity index (χ2v) is 5.68. The molecule has 0 radical (unpaired) electrons. The fraction of sp³-hybridized carbons (Fsp3) is 0.533. The topological polar surface area (TPSA) is 58.6 Å². The maximum Gasteiger partial charge on any atom is 0.263 e. The molecule has 0 aromatic heterocycles. The van der Waals surface area contributed by atoms with Gasteiger partial charge < -0.3 is 15.2 Å². The molecule has 1 fully saturated rings. The molecule has 4 nitrogen and oxygen atoms in total. The van der Waals surface area contributed by atoms with Crippen LogP contribution in [0.1, 0.15) is 26.7 Å². The van der Waals surface area contributed by atoms with E-state index in [0.29, 0.717) is 11.7 Å². The number of halogens is 1.